The van der Waals surface area contributed by atoms with Crippen LogP contribution >= 0.6 is 15.6 Å². The van der Waals surface area contributed by atoms with Gasteiger partial charge in [-0.2, -0.15) is 0 Å². The average Bonchev–Trinajstić information content (AvgIpc) is 2.61. The fourth-order valence-electron chi connectivity index (χ4n) is 11.0. The maximum absolute atomic E-state index is 13.1. The van der Waals surface area contributed by atoms with E-state index in [9.17, 15) is 43.2 Å². The lowest BCUT2D eigenvalue weighted by Crippen LogP contribution is -2.30. The van der Waals surface area contributed by atoms with Crippen molar-refractivity contribution >= 4 is 39.5 Å². The zero-order chi connectivity index (χ0) is 68.2. The predicted octanol–water partition coefficient (Wildman–Crippen LogP) is 20.9. The Bertz CT molecular complexity index is 1820. The van der Waals surface area contributed by atoms with Crippen LogP contribution in [0.25, 0.3) is 0 Å². The van der Waals surface area contributed by atoms with Crippen LogP contribution in [0.15, 0.2) is 0 Å². The number of phosphoric acid groups is 2. The molecule has 92 heavy (non-hydrogen) atoms. The van der Waals surface area contributed by atoms with Crippen LogP contribution in [-0.2, 0) is 65.4 Å². The third-order valence-electron chi connectivity index (χ3n) is 16.8. The minimum Gasteiger partial charge on any atom is -0.462 e. The van der Waals surface area contributed by atoms with Crippen LogP contribution < -0.4 is 0 Å². The van der Waals surface area contributed by atoms with Crippen LogP contribution in [0.5, 0.6) is 0 Å². The van der Waals surface area contributed by atoms with Gasteiger partial charge in [0.15, 0.2) is 12.2 Å². The number of carbonyl (C=O) groups excluding carboxylic acids is 4. The molecule has 0 spiro atoms. The number of hydrogen-bond acceptors (Lipinski definition) is 15. The molecule has 19 heteroatoms. The summed E-state index contributed by atoms with van der Waals surface area (Å²) in [5, 5.41) is 10.6. The number of phosphoric ester groups is 2. The molecule has 0 aliphatic heterocycles. The Labute approximate surface area is 562 Å². The summed E-state index contributed by atoms with van der Waals surface area (Å²) in [6.45, 7) is 14.1. The summed E-state index contributed by atoms with van der Waals surface area (Å²) in [7, 11) is -9.90. The third kappa shape index (κ3) is 66.7. The number of hydrogen-bond donors (Lipinski definition) is 3. The maximum atomic E-state index is 13.1. The molecule has 17 nitrogen and oxygen atoms in total. The molecule has 5 atom stereocenters. The van der Waals surface area contributed by atoms with Crippen LogP contribution in [0, 0.1) is 23.7 Å². The van der Waals surface area contributed by atoms with Gasteiger partial charge in [0.05, 0.1) is 26.4 Å². The molecule has 3 unspecified atom stereocenters. The number of carbonyl (C=O) groups is 4. The molecule has 3 N–H and O–H groups in total. The van der Waals surface area contributed by atoms with Gasteiger partial charge in [-0.25, -0.2) is 9.13 Å². The van der Waals surface area contributed by atoms with E-state index in [1.54, 1.807) is 0 Å². The molecule has 0 heterocycles. The van der Waals surface area contributed by atoms with Gasteiger partial charge in [0.1, 0.15) is 19.3 Å². The van der Waals surface area contributed by atoms with E-state index in [0.29, 0.717) is 37.5 Å². The summed E-state index contributed by atoms with van der Waals surface area (Å²) in [6.07, 6.45) is 46.1. The quantitative estimate of drug-likeness (QED) is 0.0222. The molecule has 546 valence electrons. The largest absolute Gasteiger partial charge is 0.472 e. The first-order valence-electron chi connectivity index (χ1n) is 37.7. The van der Waals surface area contributed by atoms with E-state index in [-0.39, 0.29) is 25.7 Å². The van der Waals surface area contributed by atoms with Gasteiger partial charge in [-0.05, 0) is 49.4 Å². The molecule has 0 aromatic carbocycles. The van der Waals surface area contributed by atoms with Crippen LogP contribution in [0.3, 0.4) is 0 Å². The summed E-state index contributed by atoms with van der Waals surface area (Å²) < 4.78 is 68.3. The highest BCUT2D eigenvalue weighted by Crippen LogP contribution is 2.45. The topological polar surface area (TPSA) is 237 Å². The Balaban J connectivity index is 5.21. The number of aliphatic hydroxyl groups is 1. The van der Waals surface area contributed by atoms with Crippen LogP contribution in [0.1, 0.15) is 364 Å². The molecule has 0 aromatic rings. The van der Waals surface area contributed by atoms with Crippen molar-refractivity contribution in [3.63, 3.8) is 0 Å². The van der Waals surface area contributed by atoms with Crippen molar-refractivity contribution in [1.29, 1.82) is 0 Å². The fourth-order valence-corrected chi connectivity index (χ4v) is 12.6. The Morgan fingerprint density at radius 3 is 0.674 bits per heavy atom. The molecule has 0 fully saturated rings. The van der Waals surface area contributed by atoms with Gasteiger partial charge in [-0.1, -0.05) is 312 Å². The van der Waals surface area contributed by atoms with Gasteiger partial charge in [0.25, 0.3) is 0 Å². The normalized spacial score (nSPS) is 14.2. The molecule has 0 aliphatic carbocycles. The third-order valence-corrected chi connectivity index (χ3v) is 18.7. The van der Waals surface area contributed by atoms with Gasteiger partial charge in [0.2, 0.25) is 0 Å². The van der Waals surface area contributed by atoms with E-state index in [4.69, 9.17) is 37.0 Å². The van der Waals surface area contributed by atoms with Crippen molar-refractivity contribution in [2.75, 3.05) is 39.6 Å². The standard InChI is InChI=1S/C73H142O17P2/c1-63(2)49-41-33-25-20-16-13-11-9-10-12-14-18-23-29-39-47-55-72(77)89-68(59-83-70(75)53-45-37-28-22-19-15-17-21-26-34-42-50-64(3)4)61-87-91(79,80)85-57-67(74)58-86-92(81,82)88-62-69(90-73(78)56-48-40-32-31-36-44-52-66(7)8)60-84-71(76)54-46-38-30-24-27-35-43-51-65(5)6/h63-69,74H,9-62H2,1-8H3,(H,79,80)(H,81,82)/t67?,68-,69-/m1/s1. The average molecular weight is 1350 g/mol. The lowest BCUT2D eigenvalue weighted by atomic mass is 10.0. The van der Waals surface area contributed by atoms with Crippen LogP contribution in [0.4, 0.5) is 0 Å². The lowest BCUT2D eigenvalue weighted by molar-refractivity contribution is -0.161. The van der Waals surface area contributed by atoms with Gasteiger partial charge < -0.3 is 33.8 Å². The van der Waals surface area contributed by atoms with E-state index >= 15 is 0 Å². The highest BCUT2D eigenvalue weighted by atomic mass is 31.2. The van der Waals surface area contributed by atoms with E-state index in [2.05, 4.69) is 55.4 Å². The fraction of sp³-hybridized carbons (Fsp3) is 0.945. The van der Waals surface area contributed by atoms with Crippen molar-refractivity contribution in [3.05, 3.63) is 0 Å². The van der Waals surface area contributed by atoms with Gasteiger partial charge in [-0.15, -0.1) is 0 Å². The highest BCUT2D eigenvalue weighted by molar-refractivity contribution is 7.47. The Hall–Kier alpha value is -1.94. The first kappa shape index (κ1) is 90.1. The summed E-state index contributed by atoms with van der Waals surface area (Å²) in [5.74, 6) is 0.824. The van der Waals surface area contributed by atoms with Gasteiger partial charge in [0, 0.05) is 25.7 Å². The molecule has 0 amide bonds. The van der Waals surface area contributed by atoms with Crippen LogP contribution in [-0.4, -0.2) is 96.7 Å². The molecular formula is C73H142O17P2. The summed E-state index contributed by atoms with van der Waals surface area (Å²) >= 11 is 0. The Morgan fingerprint density at radius 1 is 0.272 bits per heavy atom. The maximum Gasteiger partial charge on any atom is 0.472 e. The molecule has 0 aliphatic rings. The summed E-state index contributed by atoms with van der Waals surface area (Å²) in [4.78, 5) is 72.6. The highest BCUT2D eigenvalue weighted by Gasteiger charge is 2.30. The zero-order valence-electron chi connectivity index (χ0n) is 60.2. The molecule has 0 saturated carbocycles. The van der Waals surface area contributed by atoms with E-state index in [1.807, 2.05) is 0 Å². The number of ether oxygens (including phenoxy) is 4. The first-order chi connectivity index (χ1) is 44.1. The van der Waals surface area contributed by atoms with E-state index in [0.717, 1.165) is 108 Å². The minimum absolute atomic E-state index is 0.101. The van der Waals surface area contributed by atoms with Gasteiger partial charge in [-0.3, -0.25) is 37.3 Å². The number of aliphatic hydroxyl groups excluding tert-OH is 1. The minimum atomic E-state index is -4.96. The Kier molecular flexibility index (Phi) is 61.3. The van der Waals surface area contributed by atoms with Gasteiger partial charge >= 0.3 is 39.5 Å². The van der Waals surface area contributed by atoms with Crippen molar-refractivity contribution in [2.24, 2.45) is 23.7 Å². The predicted molar refractivity (Wildman–Crippen MR) is 372 cm³/mol. The van der Waals surface area contributed by atoms with Crippen molar-refractivity contribution in [2.45, 2.75) is 382 Å². The van der Waals surface area contributed by atoms with Crippen molar-refractivity contribution < 1.29 is 80.2 Å². The van der Waals surface area contributed by atoms with Crippen molar-refractivity contribution in [3.8, 4) is 0 Å². The molecule has 0 radical (unpaired) electrons. The number of unbranched alkanes of at least 4 members (excludes halogenated alkanes) is 36. The van der Waals surface area contributed by atoms with E-state index < -0.39 is 97.5 Å². The molecular weight excluding hydrogens is 1210 g/mol. The second-order valence-corrected chi connectivity index (χ2v) is 31.1. The first-order valence-corrected chi connectivity index (χ1v) is 40.7. The van der Waals surface area contributed by atoms with Crippen molar-refractivity contribution in [1.82, 2.24) is 0 Å². The Morgan fingerprint density at radius 2 is 0.457 bits per heavy atom. The summed E-state index contributed by atoms with van der Waals surface area (Å²) in [5.41, 5.74) is 0. The summed E-state index contributed by atoms with van der Waals surface area (Å²) in [6, 6.07) is 0. The monoisotopic (exact) mass is 1350 g/mol. The zero-order valence-corrected chi connectivity index (χ0v) is 62.0. The molecule has 0 aromatic heterocycles. The second kappa shape index (κ2) is 62.6. The second-order valence-electron chi connectivity index (χ2n) is 28.2. The number of rotatable bonds is 70. The SMILES string of the molecule is CC(C)CCCCCCCCCCCCCCCCCCC(=O)O[C@H](COC(=O)CCCCCCCCCCCCCC(C)C)COP(=O)(O)OCC(O)COP(=O)(O)OC[C@@H](COC(=O)CCCCCCCCCC(C)C)OC(=O)CCCCCCCCC(C)C. The van der Waals surface area contributed by atoms with Crippen LogP contribution in [0.2, 0.25) is 0 Å². The smallest absolute Gasteiger partial charge is 0.462 e. The molecule has 0 rings (SSSR count). The lowest BCUT2D eigenvalue weighted by Gasteiger charge is -2.21. The molecule has 0 bridgehead atoms. The molecule has 0 saturated heterocycles. The number of esters is 4. The van der Waals surface area contributed by atoms with E-state index in [1.165, 1.54) is 161 Å².